The standard InChI is InChI=1S/C13H11FN6O6S2.Na.H/c14-3-26-18-5(8-17-13(15)28-19-8)9(22)16-6-10(23)20-7(12(24)25)4(1-21)2-27-11(6)20;;/h1,6,11H,2-3H2,(H,16,22)(H,24,25)(H2,15,17,19);;/q;+1;-1. The van der Waals surface area contributed by atoms with E-state index in [1.54, 1.807) is 0 Å². The number of aromatic nitrogens is 2. The van der Waals surface area contributed by atoms with E-state index >= 15 is 0 Å². The van der Waals surface area contributed by atoms with Crippen LogP contribution in [0.5, 0.6) is 0 Å². The van der Waals surface area contributed by atoms with Crippen molar-refractivity contribution >= 4 is 58.2 Å². The summed E-state index contributed by atoms with van der Waals surface area (Å²) < 4.78 is 16.1. The van der Waals surface area contributed by atoms with Gasteiger partial charge >= 0.3 is 35.5 Å². The molecule has 2 aliphatic heterocycles. The van der Waals surface area contributed by atoms with Gasteiger partial charge in [-0.2, -0.15) is 9.36 Å². The molecule has 0 aliphatic carbocycles. The van der Waals surface area contributed by atoms with Crippen LogP contribution in [0.2, 0.25) is 0 Å². The molecule has 1 aromatic heterocycles. The SMILES string of the molecule is Nc1nc(C(=NOCF)C(=O)NC2C(=O)N3C(C(=O)O)=C(C=O)CSC23)ns1.[H-].[Na+]. The Labute approximate surface area is 193 Å². The molecule has 3 heterocycles. The van der Waals surface area contributed by atoms with Crippen molar-refractivity contribution in [3.8, 4) is 0 Å². The number of carboxylic acids is 1. The van der Waals surface area contributed by atoms with Crippen molar-refractivity contribution < 1.29 is 64.5 Å². The van der Waals surface area contributed by atoms with Crippen LogP contribution in [0.4, 0.5) is 9.52 Å². The summed E-state index contributed by atoms with van der Waals surface area (Å²) in [5.74, 6) is -3.25. The molecule has 4 N–H and O–H groups in total. The van der Waals surface area contributed by atoms with Gasteiger partial charge in [0, 0.05) is 22.9 Å². The third-order valence-electron chi connectivity index (χ3n) is 3.70. The molecule has 1 saturated heterocycles. The van der Waals surface area contributed by atoms with Gasteiger partial charge in [0.25, 0.3) is 18.7 Å². The summed E-state index contributed by atoms with van der Waals surface area (Å²) in [6.45, 7) is -1.31. The summed E-state index contributed by atoms with van der Waals surface area (Å²) in [5, 5.41) is 14.3. The number of nitrogen functional groups attached to an aromatic ring is 1. The molecule has 150 valence electrons. The number of rotatable bonds is 7. The van der Waals surface area contributed by atoms with E-state index in [4.69, 9.17) is 5.73 Å². The second kappa shape index (κ2) is 9.62. The Bertz CT molecular complexity index is 930. The molecule has 1 fully saturated rings. The van der Waals surface area contributed by atoms with Crippen molar-refractivity contribution in [2.24, 2.45) is 5.16 Å². The number of amides is 2. The van der Waals surface area contributed by atoms with Crippen LogP contribution < -0.4 is 40.6 Å². The van der Waals surface area contributed by atoms with Gasteiger partial charge in [0.1, 0.15) is 23.4 Å². The number of nitrogens with zero attached hydrogens (tertiary/aromatic N) is 4. The van der Waals surface area contributed by atoms with E-state index in [1.165, 1.54) is 0 Å². The molecule has 29 heavy (non-hydrogen) atoms. The third-order valence-corrected chi connectivity index (χ3v) is 5.55. The maximum absolute atomic E-state index is 12.5. The van der Waals surface area contributed by atoms with E-state index in [2.05, 4.69) is 24.7 Å². The maximum Gasteiger partial charge on any atom is 1.00 e. The predicted molar refractivity (Wildman–Crippen MR) is 94.8 cm³/mol. The van der Waals surface area contributed by atoms with Crippen LogP contribution in [0.25, 0.3) is 0 Å². The molecule has 0 bridgehead atoms. The summed E-state index contributed by atoms with van der Waals surface area (Å²) >= 11 is 1.88. The maximum atomic E-state index is 12.5. The number of nitrogens with one attached hydrogen (secondary N) is 1. The molecule has 12 nitrogen and oxygen atoms in total. The Kier molecular flexibility index (Phi) is 7.70. The van der Waals surface area contributed by atoms with Gasteiger partial charge in [0.15, 0.2) is 5.13 Å². The minimum Gasteiger partial charge on any atom is -1.00 e. The number of β-lactam (4-membered cyclic amide) rings is 1. The second-order valence-electron chi connectivity index (χ2n) is 5.29. The first-order chi connectivity index (χ1) is 13.4. The van der Waals surface area contributed by atoms with E-state index < -0.39 is 47.5 Å². The van der Waals surface area contributed by atoms with Crippen molar-refractivity contribution in [1.29, 1.82) is 0 Å². The molecule has 0 radical (unpaired) electrons. The zero-order valence-corrected chi connectivity index (χ0v) is 18.3. The van der Waals surface area contributed by atoms with Gasteiger partial charge < -0.3 is 22.4 Å². The monoisotopic (exact) mass is 454 g/mol. The predicted octanol–water partition coefficient (Wildman–Crippen LogP) is -4.18. The number of fused-ring (bicyclic) bond motifs is 1. The summed E-state index contributed by atoms with van der Waals surface area (Å²) in [4.78, 5) is 56.3. The molecule has 2 aliphatic rings. The molecule has 2 amide bonds. The minimum atomic E-state index is -1.42. The normalized spacial score (nSPS) is 20.9. The molecular weight excluding hydrogens is 442 g/mol. The van der Waals surface area contributed by atoms with Crippen LogP contribution in [0, 0.1) is 0 Å². The first-order valence-electron chi connectivity index (χ1n) is 7.41. The topological polar surface area (TPSA) is 177 Å². The third kappa shape index (κ3) is 4.42. The Morgan fingerprint density at radius 2 is 2.28 bits per heavy atom. The van der Waals surface area contributed by atoms with Gasteiger partial charge in [0.2, 0.25) is 11.5 Å². The number of aldehydes is 1. The molecule has 0 spiro atoms. The summed E-state index contributed by atoms with van der Waals surface area (Å²) in [7, 11) is 0. The fourth-order valence-corrected chi connectivity index (χ4v) is 4.27. The average Bonchev–Trinajstić information content (AvgIpc) is 3.10. The Balaban J connectivity index is 0.00000225. The zero-order valence-electron chi connectivity index (χ0n) is 15.7. The molecule has 2 unspecified atom stereocenters. The fourth-order valence-electron chi connectivity index (χ4n) is 2.55. The zero-order chi connectivity index (χ0) is 20.4. The van der Waals surface area contributed by atoms with Crippen LogP contribution in [0.15, 0.2) is 16.4 Å². The number of carbonyl (C=O) groups is 4. The van der Waals surface area contributed by atoms with Crippen LogP contribution in [-0.2, 0) is 24.0 Å². The largest absolute Gasteiger partial charge is 1.00 e. The van der Waals surface area contributed by atoms with Gasteiger partial charge in [-0.15, -0.1) is 11.8 Å². The van der Waals surface area contributed by atoms with Crippen LogP contribution >= 0.6 is 23.3 Å². The molecule has 0 aromatic carbocycles. The molecular formula is C13H12FN6NaO6S2. The van der Waals surface area contributed by atoms with E-state index in [1.807, 2.05) is 0 Å². The fraction of sp³-hybridized carbons (Fsp3) is 0.308. The van der Waals surface area contributed by atoms with Gasteiger partial charge in [-0.25, -0.2) is 9.18 Å². The number of anilines is 1. The minimum absolute atomic E-state index is 0. The Hall–Kier alpha value is -2.07. The number of oxime groups is 1. The number of aliphatic carboxylic acids is 1. The van der Waals surface area contributed by atoms with Gasteiger partial charge in [-0.1, -0.05) is 5.16 Å². The number of halogens is 1. The van der Waals surface area contributed by atoms with Crippen molar-refractivity contribution in [3.05, 3.63) is 17.1 Å². The number of hydrogen-bond donors (Lipinski definition) is 3. The van der Waals surface area contributed by atoms with Crippen LogP contribution in [-0.4, -0.2) is 73.2 Å². The summed E-state index contributed by atoms with van der Waals surface area (Å²) in [6, 6.07) is -1.09. The smallest absolute Gasteiger partial charge is 1.00 e. The molecule has 2 atom stereocenters. The Morgan fingerprint density at radius 1 is 1.55 bits per heavy atom. The van der Waals surface area contributed by atoms with Crippen molar-refractivity contribution in [2.45, 2.75) is 11.4 Å². The van der Waals surface area contributed by atoms with Gasteiger partial charge in [0.05, 0.1) is 0 Å². The second-order valence-corrected chi connectivity index (χ2v) is 7.18. The number of thioether (sulfide) groups is 1. The first kappa shape index (κ1) is 23.2. The van der Waals surface area contributed by atoms with E-state index in [-0.39, 0.29) is 53.3 Å². The molecule has 3 rings (SSSR count). The first-order valence-corrected chi connectivity index (χ1v) is 9.23. The van der Waals surface area contributed by atoms with E-state index in [0.717, 1.165) is 28.2 Å². The number of carbonyl (C=O) groups excluding carboxylic acids is 3. The van der Waals surface area contributed by atoms with Gasteiger partial charge in [-0.05, 0) is 0 Å². The van der Waals surface area contributed by atoms with Crippen molar-refractivity contribution in [3.63, 3.8) is 0 Å². The number of nitrogens with two attached hydrogens (primary N) is 1. The van der Waals surface area contributed by atoms with Gasteiger partial charge in [-0.3, -0.25) is 19.3 Å². The quantitative estimate of drug-likeness (QED) is 0.120. The van der Waals surface area contributed by atoms with Crippen LogP contribution in [0.1, 0.15) is 7.25 Å². The number of carboxylic acid groups (broad SMARTS) is 1. The summed E-state index contributed by atoms with van der Waals surface area (Å²) in [6.07, 6.45) is 0.378. The molecule has 1 aromatic rings. The number of hydrogen-bond acceptors (Lipinski definition) is 11. The van der Waals surface area contributed by atoms with Crippen LogP contribution in [0.3, 0.4) is 0 Å². The molecule has 16 heteroatoms. The van der Waals surface area contributed by atoms with Crippen molar-refractivity contribution in [1.82, 2.24) is 19.6 Å². The molecule has 0 saturated carbocycles. The van der Waals surface area contributed by atoms with E-state index in [9.17, 15) is 28.7 Å². The summed E-state index contributed by atoms with van der Waals surface area (Å²) in [5.41, 5.74) is 4.50. The van der Waals surface area contributed by atoms with E-state index in [0.29, 0.717) is 6.29 Å². The average molecular weight is 454 g/mol. The van der Waals surface area contributed by atoms with Crippen molar-refractivity contribution in [2.75, 3.05) is 18.3 Å². The Morgan fingerprint density at radius 3 is 2.83 bits per heavy atom. The number of alkyl halides is 1.